The van der Waals surface area contributed by atoms with Crippen molar-refractivity contribution < 1.29 is 9.72 Å². The summed E-state index contributed by atoms with van der Waals surface area (Å²) < 4.78 is 0. The molecule has 1 fully saturated rings. The van der Waals surface area contributed by atoms with Crippen molar-refractivity contribution in [3.63, 3.8) is 0 Å². The van der Waals surface area contributed by atoms with E-state index in [4.69, 9.17) is 0 Å². The molecule has 0 saturated carbocycles. The molecule has 2 aromatic rings. The molecule has 0 spiro atoms. The average Bonchev–Trinajstić information content (AvgIpc) is 3.15. The summed E-state index contributed by atoms with van der Waals surface area (Å²) in [6.07, 6.45) is 3.78. The fourth-order valence-electron chi connectivity index (χ4n) is 3.53. The van der Waals surface area contributed by atoms with Crippen LogP contribution in [0, 0.1) is 10.1 Å². The van der Waals surface area contributed by atoms with Crippen molar-refractivity contribution in [2.75, 3.05) is 31.6 Å². The summed E-state index contributed by atoms with van der Waals surface area (Å²) in [5.74, 6) is 0.698. The van der Waals surface area contributed by atoms with Gasteiger partial charge >= 0.3 is 0 Å². The zero-order valence-corrected chi connectivity index (χ0v) is 15.8. The third-order valence-corrected chi connectivity index (χ3v) is 4.83. The second kappa shape index (κ2) is 9.23. The van der Waals surface area contributed by atoms with E-state index in [0.29, 0.717) is 5.56 Å². The molecule has 9 heteroatoms. The molecule has 1 atom stereocenters. The number of nitro groups is 1. The normalized spacial score (nSPS) is 16.4. The number of carbonyl (C=O) groups is 1. The molecule has 28 heavy (non-hydrogen) atoms. The quantitative estimate of drug-likeness (QED) is 0.544. The van der Waals surface area contributed by atoms with Crippen molar-refractivity contribution in [3.05, 3.63) is 58.3 Å². The highest BCUT2D eigenvalue weighted by Gasteiger charge is 2.27. The minimum Gasteiger partial charge on any atom is -0.351 e. The van der Waals surface area contributed by atoms with Gasteiger partial charge in [-0.25, -0.2) is 0 Å². The van der Waals surface area contributed by atoms with E-state index >= 15 is 0 Å². The van der Waals surface area contributed by atoms with Crippen LogP contribution in [-0.2, 0) is 11.3 Å². The molecule has 1 aromatic carbocycles. The van der Waals surface area contributed by atoms with E-state index in [-0.39, 0.29) is 30.7 Å². The van der Waals surface area contributed by atoms with Crippen LogP contribution in [-0.4, -0.2) is 58.7 Å². The Kier molecular flexibility index (Phi) is 6.49. The van der Waals surface area contributed by atoms with Gasteiger partial charge in [0.15, 0.2) is 5.82 Å². The molecule has 9 nitrogen and oxygen atoms in total. The third-order valence-electron chi connectivity index (χ3n) is 4.83. The van der Waals surface area contributed by atoms with Gasteiger partial charge in [0.2, 0.25) is 5.91 Å². The highest BCUT2D eigenvalue weighted by molar-refractivity contribution is 5.78. The van der Waals surface area contributed by atoms with E-state index in [9.17, 15) is 14.9 Å². The van der Waals surface area contributed by atoms with Gasteiger partial charge in [-0.3, -0.25) is 19.8 Å². The second-order valence-electron chi connectivity index (χ2n) is 6.93. The highest BCUT2D eigenvalue weighted by atomic mass is 16.6. The Labute approximate surface area is 163 Å². The van der Waals surface area contributed by atoms with Crippen molar-refractivity contribution in [1.29, 1.82) is 0 Å². The predicted octanol–water partition coefficient (Wildman–Crippen LogP) is 1.60. The largest absolute Gasteiger partial charge is 0.351 e. The number of hydrogen-bond acceptors (Lipinski definition) is 7. The Morgan fingerprint density at radius 3 is 2.93 bits per heavy atom. The number of benzene rings is 1. The summed E-state index contributed by atoms with van der Waals surface area (Å²) in [6, 6.07) is 10.5. The molecule has 3 rings (SSSR count). The third kappa shape index (κ3) is 5.01. The molecule has 1 unspecified atom stereocenters. The van der Waals surface area contributed by atoms with E-state index in [1.165, 1.54) is 6.07 Å². The zero-order valence-electron chi connectivity index (χ0n) is 15.8. The Morgan fingerprint density at radius 1 is 1.36 bits per heavy atom. The van der Waals surface area contributed by atoms with Gasteiger partial charge in [-0.1, -0.05) is 18.2 Å². The first-order valence-corrected chi connectivity index (χ1v) is 9.26. The monoisotopic (exact) mass is 384 g/mol. The maximum absolute atomic E-state index is 12.3. The lowest BCUT2D eigenvalue weighted by molar-refractivity contribution is -0.385. The van der Waals surface area contributed by atoms with Crippen LogP contribution < -0.4 is 10.2 Å². The molecule has 1 aliphatic heterocycles. The second-order valence-corrected chi connectivity index (χ2v) is 6.93. The Bertz CT molecular complexity index is 816. The van der Waals surface area contributed by atoms with Gasteiger partial charge in [0.25, 0.3) is 5.69 Å². The van der Waals surface area contributed by atoms with Crippen LogP contribution in [0.1, 0.15) is 18.4 Å². The van der Waals surface area contributed by atoms with Gasteiger partial charge in [-0.2, -0.15) is 5.10 Å². The number of nitrogens with one attached hydrogen (secondary N) is 1. The molecule has 1 aliphatic rings. The number of hydrogen-bond donors (Lipinski definition) is 1. The lowest BCUT2D eigenvalue weighted by atomic mass is 10.2. The zero-order chi connectivity index (χ0) is 19.9. The molecule has 0 radical (unpaired) electrons. The van der Waals surface area contributed by atoms with Crippen LogP contribution in [0.4, 0.5) is 11.5 Å². The number of para-hydroxylation sites is 1. The van der Waals surface area contributed by atoms with E-state index in [0.717, 1.165) is 31.7 Å². The lowest BCUT2D eigenvalue weighted by Gasteiger charge is -2.28. The molecule has 1 saturated heterocycles. The van der Waals surface area contributed by atoms with E-state index in [2.05, 4.69) is 20.4 Å². The fourth-order valence-corrected chi connectivity index (χ4v) is 3.53. The maximum atomic E-state index is 12.3. The molecule has 1 N–H and O–H groups in total. The number of likely N-dealkylation sites (N-methyl/N-ethyl adjacent to an activating group) is 1. The van der Waals surface area contributed by atoms with Gasteiger partial charge in [-0.15, -0.1) is 5.10 Å². The van der Waals surface area contributed by atoms with Gasteiger partial charge in [0, 0.05) is 43.5 Å². The molecule has 0 aliphatic carbocycles. The van der Waals surface area contributed by atoms with E-state index < -0.39 is 4.92 Å². The summed E-state index contributed by atoms with van der Waals surface area (Å²) in [5, 5.41) is 22.0. The number of anilines is 1. The van der Waals surface area contributed by atoms with Crippen molar-refractivity contribution in [3.8, 4) is 0 Å². The Morgan fingerprint density at radius 2 is 2.18 bits per heavy atom. The molecule has 0 bridgehead atoms. The van der Waals surface area contributed by atoms with Gasteiger partial charge in [0.1, 0.15) is 0 Å². The Balaban J connectivity index is 1.50. The topological polar surface area (TPSA) is 104 Å². The van der Waals surface area contributed by atoms with Crippen LogP contribution in [0.15, 0.2) is 42.6 Å². The summed E-state index contributed by atoms with van der Waals surface area (Å²) in [7, 11) is 1.90. The SMILES string of the molecule is CN(CC(=O)NCc1ccccc1[N+](=O)[O-])CC1CCCN1c1cccnn1. The van der Waals surface area contributed by atoms with Crippen molar-refractivity contribution in [1.82, 2.24) is 20.4 Å². The minimum absolute atomic E-state index is 0.0155. The number of nitrogens with zero attached hydrogens (tertiary/aromatic N) is 5. The van der Waals surface area contributed by atoms with Crippen LogP contribution in [0.3, 0.4) is 0 Å². The fraction of sp³-hybridized carbons (Fsp3) is 0.421. The summed E-state index contributed by atoms with van der Waals surface area (Å²) >= 11 is 0. The molecule has 2 heterocycles. The number of rotatable bonds is 8. The molecular formula is C19H24N6O3. The number of amides is 1. The van der Waals surface area contributed by atoms with Crippen LogP contribution in [0.25, 0.3) is 0 Å². The van der Waals surface area contributed by atoms with Crippen LogP contribution in [0.2, 0.25) is 0 Å². The standard InChI is InChI=1S/C19H24N6O3/c1-23(13-16-7-5-11-24(16)18-9-4-10-21-22-18)14-19(26)20-12-15-6-2-3-8-17(15)25(27)28/h2-4,6,8-10,16H,5,7,11-14H2,1H3,(H,20,26). The van der Waals surface area contributed by atoms with Crippen LogP contribution >= 0.6 is 0 Å². The van der Waals surface area contributed by atoms with Crippen molar-refractivity contribution in [2.24, 2.45) is 0 Å². The first kappa shape index (κ1) is 19.7. The molecular weight excluding hydrogens is 360 g/mol. The smallest absolute Gasteiger partial charge is 0.274 e. The molecule has 1 amide bonds. The molecule has 1 aromatic heterocycles. The van der Waals surface area contributed by atoms with Gasteiger partial charge in [-0.05, 0) is 32.0 Å². The summed E-state index contributed by atoms with van der Waals surface area (Å²) in [5.41, 5.74) is 0.509. The number of aromatic nitrogens is 2. The minimum atomic E-state index is -0.436. The summed E-state index contributed by atoms with van der Waals surface area (Å²) in [6.45, 7) is 2.03. The number of nitro benzene ring substituents is 1. The maximum Gasteiger partial charge on any atom is 0.274 e. The highest BCUT2D eigenvalue weighted by Crippen LogP contribution is 2.23. The van der Waals surface area contributed by atoms with E-state index in [1.807, 2.05) is 24.1 Å². The van der Waals surface area contributed by atoms with Crippen molar-refractivity contribution in [2.45, 2.75) is 25.4 Å². The predicted molar refractivity (Wildman–Crippen MR) is 105 cm³/mol. The van der Waals surface area contributed by atoms with Gasteiger partial charge < -0.3 is 10.2 Å². The van der Waals surface area contributed by atoms with E-state index in [1.54, 1.807) is 24.4 Å². The molecule has 148 valence electrons. The average molecular weight is 384 g/mol. The first-order chi connectivity index (χ1) is 13.5. The first-order valence-electron chi connectivity index (χ1n) is 9.26. The van der Waals surface area contributed by atoms with Crippen molar-refractivity contribution >= 4 is 17.4 Å². The van der Waals surface area contributed by atoms with Crippen LogP contribution in [0.5, 0.6) is 0 Å². The Hall–Kier alpha value is -3.07. The lowest BCUT2D eigenvalue weighted by Crippen LogP contribution is -2.43. The number of carbonyl (C=O) groups excluding carboxylic acids is 1. The summed E-state index contributed by atoms with van der Waals surface area (Å²) in [4.78, 5) is 27.1. The van der Waals surface area contributed by atoms with Gasteiger partial charge in [0.05, 0.1) is 11.5 Å².